The molecule has 1 aliphatic rings. The summed E-state index contributed by atoms with van der Waals surface area (Å²) in [6.07, 6.45) is 3.17. The Kier molecular flexibility index (Phi) is 5.34. The van der Waals surface area contributed by atoms with Gasteiger partial charge in [-0.2, -0.15) is 0 Å². The normalized spacial score (nSPS) is 14.5. The highest BCUT2D eigenvalue weighted by Crippen LogP contribution is 2.00. The number of hydrogen-bond donors (Lipinski definition) is 2. The largest absolute Gasteiger partial charge is 0.463 e. The highest BCUT2D eigenvalue weighted by molar-refractivity contribution is 5.92. The maximum Gasteiger partial charge on any atom is 0.331 e. The van der Waals surface area contributed by atoms with Crippen LogP contribution in [0, 0.1) is 0 Å². The van der Waals surface area contributed by atoms with E-state index in [9.17, 15) is 14.4 Å². The second kappa shape index (κ2) is 7.00. The summed E-state index contributed by atoms with van der Waals surface area (Å²) in [4.78, 5) is 33.3. The minimum Gasteiger partial charge on any atom is -0.463 e. The van der Waals surface area contributed by atoms with Crippen LogP contribution in [0.5, 0.6) is 0 Å². The molecule has 0 saturated carbocycles. The predicted octanol–water partition coefficient (Wildman–Crippen LogP) is -0.277. The summed E-state index contributed by atoms with van der Waals surface area (Å²) in [7, 11) is 0. The van der Waals surface area contributed by atoms with Crippen molar-refractivity contribution >= 4 is 17.8 Å². The highest BCUT2D eigenvalue weighted by Gasteiger charge is 2.12. The van der Waals surface area contributed by atoms with Crippen molar-refractivity contribution < 1.29 is 23.9 Å². The van der Waals surface area contributed by atoms with E-state index in [0.717, 1.165) is 12.2 Å². The lowest BCUT2D eigenvalue weighted by Crippen LogP contribution is -2.36. The van der Waals surface area contributed by atoms with Gasteiger partial charge in [0.25, 0.3) is 5.91 Å². The molecular weight excluding hydrogens is 252 g/mol. The van der Waals surface area contributed by atoms with Crippen LogP contribution in [0.2, 0.25) is 0 Å². The molecule has 2 N–H and O–H groups in total. The molecule has 0 aromatic rings. The number of carbonyl (C=O) groups is 3. The second-order valence-corrected chi connectivity index (χ2v) is 3.46. The lowest BCUT2D eigenvalue weighted by Gasteiger charge is -2.17. The van der Waals surface area contributed by atoms with Gasteiger partial charge in [0.2, 0.25) is 0 Å². The molecule has 19 heavy (non-hydrogen) atoms. The fourth-order valence-corrected chi connectivity index (χ4v) is 1.21. The van der Waals surface area contributed by atoms with Crippen molar-refractivity contribution in [3.05, 3.63) is 36.3 Å². The molecule has 0 aromatic carbocycles. The van der Waals surface area contributed by atoms with Gasteiger partial charge in [0.1, 0.15) is 12.4 Å². The smallest absolute Gasteiger partial charge is 0.331 e. The molecule has 1 rings (SSSR count). The molecule has 1 heterocycles. The molecule has 7 heteroatoms. The van der Waals surface area contributed by atoms with E-state index in [1.807, 2.05) is 0 Å². The Labute approximate surface area is 109 Å². The van der Waals surface area contributed by atoms with E-state index < -0.39 is 11.9 Å². The number of hydrogen-bond acceptors (Lipinski definition) is 6. The summed E-state index contributed by atoms with van der Waals surface area (Å²) in [5.74, 6) is -1.38. The third kappa shape index (κ3) is 5.53. The molecule has 0 unspecified atom stereocenters. The van der Waals surface area contributed by atoms with E-state index in [1.54, 1.807) is 6.92 Å². The van der Waals surface area contributed by atoms with Gasteiger partial charge in [-0.25, -0.2) is 9.59 Å². The molecule has 0 radical (unpaired) electrons. The van der Waals surface area contributed by atoms with E-state index in [-0.39, 0.29) is 19.1 Å². The summed E-state index contributed by atoms with van der Waals surface area (Å²) in [5.41, 5.74) is 0.395. The van der Waals surface area contributed by atoms with Crippen LogP contribution in [0.15, 0.2) is 36.3 Å². The van der Waals surface area contributed by atoms with Gasteiger partial charge >= 0.3 is 11.9 Å². The average molecular weight is 266 g/mol. The van der Waals surface area contributed by atoms with E-state index in [1.165, 1.54) is 6.08 Å². The third-order valence-corrected chi connectivity index (χ3v) is 1.90. The fourth-order valence-electron chi connectivity index (χ4n) is 1.21. The Morgan fingerprint density at radius 1 is 1.26 bits per heavy atom. The van der Waals surface area contributed by atoms with Gasteiger partial charge in [-0.3, -0.25) is 4.79 Å². The van der Waals surface area contributed by atoms with Gasteiger partial charge in [-0.1, -0.05) is 6.58 Å². The van der Waals surface area contributed by atoms with Crippen LogP contribution >= 0.6 is 0 Å². The van der Waals surface area contributed by atoms with Gasteiger partial charge in [0.05, 0.1) is 12.3 Å². The molecule has 0 atom stereocenters. The van der Waals surface area contributed by atoms with Crippen molar-refractivity contribution in [2.24, 2.45) is 0 Å². The lowest BCUT2D eigenvalue weighted by atomic mass is 10.3. The SMILES string of the molecule is C=C1NC(=O)C=C(COC(=O)/C=C/C(=O)OCC)N1. The van der Waals surface area contributed by atoms with Crippen LogP contribution in [-0.4, -0.2) is 31.1 Å². The van der Waals surface area contributed by atoms with Crippen molar-refractivity contribution in [2.75, 3.05) is 13.2 Å². The van der Waals surface area contributed by atoms with Crippen LogP contribution in [0.4, 0.5) is 0 Å². The highest BCUT2D eigenvalue weighted by atomic mass is 16.5. The van der Waals surface area contributed by atoms with Crippen LogP contribution in [-0.2, 0) is 23.9 Å². The topological polar surface area (TPSA) is 93.7 Å². The molecule has 1 aliphatic heterocycles. The molecule has 0 saturated heterocycles. The quantitative estimate of drug-likeness (QED) is 0.525. The molecule has 1 amide bonds. The Balaban J connectivity index is 2.40. The first-order valence-electron chi connectivity index (χ1n) is 5.50. The molecule has 0 fully saturated rings. The summed E-state index contributed by atoms with van der Waals surface area (Å²) >= 11 is 0. The molecule has 7 nitrogen and oxygen atoms in total. The Morgan fingerprint density at radius 2 is 1.89 bits per heavy atom. The first-order valence-corrected chi connectivity index (χ1v) is 5.50. The van der Waals surface area contributed by atoms with Crippen molar-refractivity contribution in [2.45, 2.75) is 6.92 Å². The fraction of sp³-hybridized carbons (Fsp3) is 0.250. The van der Waals surface area contributed by atoms with Gasteiger partial charge in [0, 0.05) is 18.2 Å². The summed E-state index contributed by atoms with van der Waals surface area (Å²) in [6, 6.07) is 0. The molecule has 0 aromatic heterocycles. The number of ether oxygens (including phenoxy) is 2. The monoisotopic (exact) mass is 266 g/mol. The van der Waals surface area contributed by atoms with Gasteiger partial charge in [-0.05, 0) is 6.92 Å². The zero-order chi connectivity index (χ0) is 14.3. The summed E-state index contributed by atoms with van der Waals surface area (Å²) in [6.45, 7) is 5.28. The van der Waals surface area contributed by atoms with Crippen LogP contribution in [0.1, 0.15) is 6.92 Å². The predicted molar refractivity (Wildman–Crippen MR) is 65.2 cm³/mol. The molecule has 0 aliphatic carbocycles. The van der Waals surface area contributed by atoms with E-state index in [2.05, 4.69) is 21.9 Å². The minimum atomic E-state index is -0.715. The van der Waals surface area contributed by atoms with Crippen molar-refractivity contribution in [1.29, 1.82) is 0 Å². The number of carbonyl (C=O) groups excluding carboxylic acids is 3. The standard InChI is InChI=1S/C12H14N2O5/c1-3-18-11(16)4-5-12(17)19-7-9-6-10(15)14-8(2)13-9/h4-6,13H,2-3,7H2,1H3,(H,14,15)/b5-4+. The van der Waals surface area contributed by atoms with Crippen molar-refractivity contribution in [1.82, 2.24) is 10.6 Å². The van der Waals surface area contributed by atoms with Gasteiger partial charge in [0.15, 0.2) is 0 Å². The maximum atomic E-state index is 11.3. The summed E-state index contributed by atoms with van der Waals surface area (Å²) in [5, 5.41) is 5.14. The molecule has 0 spiro atoms. The number of esters is 2. The van der Waals surface area contributed by atoms with E-state index in [4.69, 9.17) is 4.74 Å². The Hall–Kier alpha value is -2.57. The number of rotatable bonds is 5. The zero-order valence-electron chi connectivity index (χ0n) is 10.4. The van der Waals surface area contributed by atoms with Crippen LogP contribution in [0.25, 0.3) is 0 Å². The van der Waals surface area contributed by atoms with E-state index in [0.29, 0.717) is 11.5 Å². The number of amides is 1. The Morgan fingerprint density at radius 3 is 2.47 bits per heavy atom. The van der Waals surface area contributed by atoms with Crippen molar-refractivity contribution in [3.8, 4) is 0 Å². The van der Waals surface area contributed by atoms with E-state index >= 15 is 0 Å². The first-order chi connectivity index (χ1) is 9.01. The lowest BCUT2D eigenvalue weighted by molar-refractivity contribution is -0.139. The summed E-state index contributed by atoms with van der Waals surface area (Å²) < 4.78 is 9.41. The van der Waals surface area contributed by atoms with Crippen LogP contribution in [0.3, 0.4) is 0 Å². The zero-order valence-corrected chi connectivity index (χ0v) is 10.4. The first kappa shape index (κ1) is 14.5. The third-order valence-electron chi connectivity index (χ3n) is 1.90. The minimum absolute atomic E-state index is 0.127. The molecular formula is C12H14N2O5. The van der Waals surface area contributed by atoms with Gasteiger partial charge < -0.3 is 20.1 Å². The Bertz CT molecular complexity index is 465. The number of nitrogens with one attached hydrogen (secondary N) is 2. The molecule has 0 bridgehead atoms. The molecule has 102 valence electrons. The second-order valence-electron chi connectivity index (χ2n) is 3.46. The van der Waals surface area contributed by atoms with Crippen molar-refractivity contribution in [3.63, 3.8) is 0 Å². The van der Waals surface area contributed by atoms with Gasteiger partial charge in [-0.15, -0.1) is 0 Å². The average Bonchev–Trinajstić information content (AvgIpc) is 2.33. The maximum absolute atomic E-state index is 11.3. The van der Waals surface area contributed by atoms with Crippen LogP contribution < -0.4 is 10.6 Å².